The number of hydrogen-bond acceptors (Lipinski definition) is 6. The van der Waals surface area contributed by atoms with Crippen LogP contribution in [0.15, 0.2) is 170 Å². The summed E-state index contributed by atoms with van der Waals surface area (Å²) in [6, 6.07) is 52.7. The fourth-order valence-electron chi connectivity index (χ4n) is 5.70. The predicted octanol–water partition coefficient (Wildman–Crippen LogP) is 9.73. The second-order valence-corrected chi connectivity index (χ2v) is 11.2. The molecule has 4 heterocycles. The molecule has 8 rings (SSSR count). The number of hydrogen-bond donors (Lipinski definition) is 0. The van der Waals surface area contributed by atoms with Crippen LogP contribution in [0.25, 0.3) is 79.2 Å². The summed E-state index contributed by atoms with van der Waals surface area (Å²) in [4.78, 5) is 29.3. The third-order valence-electron chi connectivity index (χ3n) is 8.04. The van der Waals surface area contributed by atoms with Gasteiger partial charge in [0.25, 0.3) is 0 Å². The lowest BCUT2D eigenvalue weighted by atomic mass is 9.97. The van der Waals surface area contributed by atoms with E-state index in [0.29, 0.717) is 17.5 Å². The SMILES string of the molecule is c1ccc(-c2cc(-c3ccccn3)nc(-c3ncccc3-c3cccc(-c4nc(-c5ccccc5)nc(-c5ccccc5)n4)c3)c2)cc1. The van der Waals surface area contributed by atoms with E-state index in [0.717, 1.165) is 61.7 Å². The molecule has 8 aromatic rings. The number of rotatable bonds is 7. The summed E-state index contributed by atoms with van der Waals surface area (Å²) >= 11 is 0. The van der Waals surface area contributed by atoms with Crippen LogP contribution in [-0.4, -0.2) is 29.9 Å². The number of benzene rings is 4. The van der Waals surface area contributed by atoms with Crippen molar-refractivity contribution >= 4 is 0 Å². The maximum absolute atomic E-state index is 5.10. The molecule has 0 saturated carbocycles. The van der Waals surface area contributed by atoms with Crippen molar-refractivity contribution in [1.82, 2.24) is 29.9 Å². The minimum Gasteiger partial charge on any atom is -0.255 e. The Balaban J connectivity index is 1.26. The zero-order valence-electron chi connectivity index (χ0n) is 25.8. The molecule has 6 heteroatoms. The normalized spacial score (nSPS) is 10.9. The Morgan fingerprint density at radius 3 is 1.48 bits per heavy atom. The molecule has 0 aliphatic heterocycles. The van der Waals surface area contributed by atoms with E-state index >= 15 is 0 Å². The predicted molar refractivity (Wildman–Crippen MR) is 191 cm³/mol. The second-order valence-electron chi connectivity index (χ2n) is 11.2. The van der Waals surface area contributed by atoms with Crippen molar-refractivity contribution in [3.05, 3.63) is 170 Å². The monoisotopic (exact) mass is 616 g/mol. The van der Waals surface area contributed by atoms with Gasteiger partial charge in [0.1, 0.15) is 0 Å². The molecule has 0 N–H and O–H groups in total. The van der Waals surface area contributed by atoms with Crippen molar-refractivity contribution < 1.29 is 0 Å². The van der Waals surface area contributed by atoms with Gasteiger partial charge in [0.05, 0.1) is 22.8 Å². The fourth-order valence-corrected chi connectivity index (χ4v) is 5.70. The smallest absolute Gasteiger partial charge is 0.164 e. The van der Waals surface area contributed by atoms with Crippen LogP contribution in [0.1, 0.15) is 0 Å². The maximum atomic E-state index is 5.10. The van der Waals surface area contributed by atoms with E-state index in [4.69, 9.17) is 24.9 Å². The molecular weight excluding hydrogens is 589 g/mol. The molecule has 6 nitrogen and oxygen atoms in total. The quantitative estimate of drug-likeness (QED) is 0.177. The molecule has 0 aliphatic rings. The molecule has 48 heavy (non-hydrogen) atoms. The maximum Gasteiger partial charge on any atom is 0.164 e. The molecule has 0 unspecified atom stereocenters. The van der Waals surface area contributed by atoms with Gasteiger partial charge in [0, 0.05) is 34.6 Å². The summed E-state index contributed by atoms with van der Waals surface area (Å²) in [5.41, 5.74) is 9.91. The van der Waals surface area contributed by atoms with Crippen molar-refractivity contribution in [2.75, 3.05) is 0 Å². The van der Waals surface area contributed by atoms with E-state index in [9.17, 15) is 0 Å². The van der Waals surface area contributed by atoms with Crippen molar-refractivity contribution in [1.29, 1.82) is 0 Å². The molecule has 0 amide bonds. The Kier molecular flexibility index (Phi) is 7.79. The molecule has 0 atom stereocenters. The van der Waals surface area contributed by atoms with Crippen LogP contribution in [0.4, 0.5) is 0 Å². The lowest BCUT2D eigenvalue weighted by Gasteiger charge is -2.13. The molecule has 4 aromatic carbocycles. The zero-order chi connectivity index (χ0) is 32.1. The topological polar surface area (TPSA) is 77.3 Å². The average molecular weight is 617 g/mol. The van der Waals surface area contributed by atoms with Gasteiger partial charge in [-0.3, -0.25) is 9.97 Å². The average Bonchev–Trinajstić information content (AvgIpc) is 3.19. The highest BCUT2D eigenvalue weighted by Crippen LogP contribution is 2.35. The van der Waals surface area contributed by atoms with E-state index in [-0.39, 0.29) is 0 Å². The van der Waals surface area contributed by atoms with Gasteiger partial charge in [-0.05, 0) is 53.1 Å². The first-order valence-corrected chi connectivity index (χ1v) is 15.7. The Morgan fingerprint density at radius 2 is 0.833 bits per heavy atom. The standard InChI is InChI=1S/C42H28N6/c1-4-14-29(15-5-1)34-27-37(36-23-10-11-24-43-36)45-38(28-34)39-35(22-13-25-44-39)32-20-12-21-33(26-32)42-47-40(30-16-6-2-7-17-30)46-41(48-42)31-18-8-3-9-19-31/h1-28H. The minimum atomic E-state index is 0.594. The van der Waals surface area contributed by atoms with Gasteiger partial charge in [-0.2, -0.15) is 0 Å². The molecule has 4 aromatic heterocycles. The van der Waals surface area contributed by atoms with Gasteiger partial charge in [-0.1, -0.05) is 121 Å². The number of pyridine rings is 3. The molecule has 0 spiro atoms. The summed E-state index contributed by atoms with van der Waals surface area (Å²) in [7, 11) is 0. The lowest BCUT2D eigenvalue weighted by molar-refractivity contribution is 1.07. The first-order chi connectivity index (χ1) is 23.8. The Bertz CT molecular complexity index is 2210. The highest BCUT2D eigenvalue weighted by molar-refractivity contribution is 5.84. The summed E-state index contributed by atoms with van der Waals surface area (Å²) in [5.74, 6) is 1.84. The van der Waals surface area contributed by atoms with Crippen LogP contribution in [0, 0.1) is 0 Å². The Hall–Kier alpha value is -6.66. The first kappa shape index (κ1) is 28.8. The van der Waals surface area contributed by atoms with Gasteiger partial charge < -0.3 is 0 Å². The molecule has 0 saturated heterocycles. The Labute approximate surface area is 278 Å². The largest absolute Gasteiger partial charge is 0.255 e. The van der Waals surface area contributed by atoms with E-state index < -0.39 is 0 Å². The van der Waals surface area contributed by atoms with Gasteiger partial charge in [0.15, 0.2) is 17.5 Å². The zero-order valence-corrected chi connectivity index (χ0v) is 25.8. The molecule has 0 aliphatic carbocycles. The van der Waals surface area contributed by atoms with Gasteiger partial charge in [0.2, 0.25) is 0 Å². The van der Waals surface area contributed by atoms with Gasteiger partial charge in [-0.15, -0.1) is 0 Å². The van der Waals surface area contributed by atoms with Crippen LogP contribution in [0.2, 0.25) is 0 Å². The molecule has 0 fully saturated rings. The van der Waals surface area contributed by atoms with Crippen molar-refractivity contribution in [2.45, 2.75) is 0 Å². The molecule has 226 valence electrons. The van der Waals surface area contributed by atoms with Crippen molar-refractivity contribution in [3.8, 4) is 79.2 Å². The summed E-state index contributed by atoms with van der Waals surface area (Å²) in [6.45, 7) is 0. The fraction of sp³-hybridized carbons (Fsp3) is 0. The van der Waals surface area contributed by atoms with E-state index in [2.05, 4.69) is 47.4 Å². The highest BCUT2D eigenvalue weighted by Gasteiger charge is 2.17. The summed E-state index contributed by atoms with van der Waals surface area (Å²) in [6.07, 6.45) is 3.60. The van der Waals surface area contributed by atoms with Crippen molar-refractivity contribution in [3.63, 3.8) is 0 Å². The van der Waals surface area contributed by atoms with E-state index in [1.54, 1.807) is 6.20 Å². The van der Waals surface area contributed by atoms with E-state index in [1.165, 1.54) is 0 Å². The second kappa shape index (κ2) is 13.0. The molecule has 0 bridgehead atoms. The highest BCUT2D eigenvalue weighted by atomic mass is 15.0. The van der Waals surface area contributed by atoms with Crippen LogP contribution in [0.5, 0.6) is 0 Å². The molecule has 0 radical (unpaired) electrons. The summed E-state index contributed by atoms with van der Waals surface area (Å²) in [5, 5.41) is 0. The lowest BCUT2D eigenvalue weighted by Crippen LogP contribution is -2.00. The van der Waals surface area contributed by atoms with Crippen LogP contribution < -0.4 is 0 Å². The first-order valence-electron chi connectivity index (χ1n) is 15.7. The number of aromatic nitrogens is 6. The van der Waals surface area contributed by atoms with E-state index in [1.807, 2.05) is 121 Å². The van der Waals surface area contributed by atoms with Crippen LogP contribution >= 0.6 is 0 Å². The van der Waals surface area contributed by atoms with Crippen LogP contribution in [0.3, 0.4) is 0 Å². The molecular formula is C42H28N6. The van der Waals surface area contributed by atoms with Crippen LogP contribution in [-0.2, 0) is 0 Å². The Morgan fingerprint density at radius 1 is 0.292 bits per heavy atom. The third kappa shape index (κ3) is 5.98. The van der Waals surface area contributed by atoms with Crippen molar-refractivity contribution in [2.24, 2.45) is 0 Å². The minimum absolute atomic E-state index is 0.594. The summed E-state index contributed by atoms with van der Waals surface area (Å²) < 4.78 is 0. The van der Waals surface area contributed by atoms with Gasteiger partial charge >= 0.3 is 0 Å². The van der Waals surface area contributed by atoms with Gasteiger partial charge in [-0.25, -0.2) is 19.9 Å². The number of nitrogens with zero attached hydrogens (tertiary/aromatic N) is 6. The third-order valence-corrected chi connectivity index (χ3v) is 8.04.